The Morgan fingerprint density at radius 1 is 0.763 bits per heavy atom. The minimum Gasteiger partial charge on any atom is -0.508 e. The highest BCUT2D eigenvalue weighted by Gasteiger charge is 2.42. The smallest absolute Gasteiger partial charge is 0.201 e. The van der Waals surface area contributed by atoms with Gasteiger partial charge in [0.2, 0.25) is 5.78 Å². The molecule has 0 spiro atoms. The number of hydrogen-bond acceptors (Lipinski definition) is 7. The van der Waals surface area contributed by atoms with Gasteiger partial charge in [0.1, 0.15) is 39.5 Å². The summed E-state index contributed by atoms with van der Waals surface area (Å²) in [5.74, 6) is -1.28. The molecule has 1 aliphatic carbocycles. The van der Waals surface area contributed by atoms with Crippen molar-refractivity contribution < 1.29 is 34.7 Å². The first kappa shape index (κ1) is 25.8. The number of fused-ring (bicyclic) bond motifs is 3. The molecule has 4 aromatic carbocycles. The van der Waals surface area contributed by atoms with Gasteiger partial charge in [-0.1, -0.05) is 37.0 Å². The summed E-state index contributed by atoms with van der Waals surface area (Å²) in [6.07, 6.45) is 0. The fourth-order valence-corrected chi connectivity index (χ4v) is 5.88. The summed E-state index contributed by atoms with van der Waals surface area (Å²) in [4.78, 5) is 13.9. The third-order valence-corrected chi connectivity index (χ3v) is 8.19. The van der Waals surface area contributed by atoms with Crippen LogP contribution in [-0.2, 0) is 5.41 Å². The molecule has 38 heavy (non-hydrogen) atoms. The van der Waals surface area contributed by atoms with E-state index in [1.54, 1.807) is 19.1 Å². The van der Waals surface area contributed by atoms with Gasteiger partial charge in [-0.05, 0) is 53.3 Å². The van der Waals surface area contributed by atoms with Gasteiger partial charge in [0.05, 0.1) is 30.4 Å². The van der Waals surface area contributed by atoms with Crippen LogP contribution < -0.4 is 9.47 Å². The third-order valence-electron chi connectivity index (χ3n) is 7.36. The Bertz CT molecular complexity index is 1710. The fourth-order valence-electron chi connectivity index (χ4n) is 5.42. The minimum absolute atomic E-state index is 0.0183. The molecule has 7 nitrogen and oxygen atoms in total. The Hall–Kier alpha value is -3.81. The van der Waals surface area contributed by atoms with Crippen LogP contribution in [0.1, 0.15) is 46.5 Å². The van der Waals surface area contributed by atoms with Crippen LogP contribution in [0.2, 0.25) is 10.0 Å². The number of benzene rings is 4. The van der Waals surface area contributed by atoms with Gasteiger partial charge in [-0.2, -0.15) is 0 Å². The lowest BCUT2D eigenvalue weighted by atomic mass is 9.67. The molecule has 0 bridgehead atoms. The topological polar surface area (TPSA) is 116 Å². The molecule has 0 aliphatic heterocycles. The van der Waals surface area contributed by atoms with Crippen LogP contribution in [0.15, 0.2) is 30.3 Å². The lowest BCUT2D eigenvalue weighted by molar-refractivity contribution is 0.102. The molecule has 0 atom stereocenters. The SMILES string of the molecule is COc1cc(O)c(-c2cc(O)cc3cc4c(c(O)c23)C(=O)c2c(cc(OC)c(Cl)c2O)C4(C)C)c(C)c1Cl. The van der Waals surface area contributed by atoms with E-state index in [2.05, 4.69) is 0 Å². The summed E-state index contributed by atoms with van der Waals surface area (Å²) in [5, 5.41) is 44.9. The summed E-state index contributed by atoms with van der Waals surface area (Å²) in [6.45, 7) is 5.36. The molecule has 5 rings (SSSR count). The summed E-state index contributed by atoms with van der Waals surface area (Å²) < 4.78 is 10.5. The maximum Gasteiger partial charge on any atom is 0.201 e. The molecule has 0 heterocycles. The number of methoxy groups -OCH3 is 2. The summed E-state index contributed by atoms with van der Waals surface area (Å²) in [6, 6.07) is 7.50. The molecule has 1 aliphatic rings. The van der Waals surface area contributed by atoms with E-state index >= 15 is 0 Å². The zero-order chi connectivity index (χ0) is 27.8. The Labute approximate surface area is 228 Å². The molecule has 0 aromatic heterocycles. The molecule has 0 saturated heterocycles. The molecule has 4 N–H and O–H groups in total. The minimum atomic E-state index is -0.882. The molecule has 0 saturated carbocycles. The largest absolute Gasteiger partial charge is 0.508 e. The van der Waals surface area contributed by atoms with Crippen LogP contribution in [0, 0.1) is 6.92 Å². The lowest BCUT2D eigenvalue weighted by Gasteiger charge is -2.36. The number of carbonyl (C=O) groups is 1. The van der Waals surface area contributed by atoms with Crippen LogP contribution in [-0.4, -0.2) is 40.4 Å². The second-order valence-electron chi connectivity index (χ2n) is 9.77. The quantitative estimate of drug-likeness (QED) is 0.219. The molecule has 0 unspecified atom stereocenters. The lowest BCUT2D eigenvalue weighted by Crippen LogP contribution is -2.31. The molecule has 196 valence electrons. The predicted octanol–water partition coefficient (Wildman–Crippen LogP) is 6.83. The second kappa shape index (κ2) is 8.61. The maximum absolute atomic E-state index is 13.9. The zero-order valence-corrected chi connectivity index (χ0v) is 22.7. The van der Waals surface area contributed by atoms with Crippen molar-refractivity contribution in [2.75, 3.05) is 14.2 Å². The van der Waals surface area contributed by atoms with Gasteiger partial charge in [-0.25, -0.2) is 0 Å². The van der Waals surface area contributed by atoms with Gasteiger partial charge in [0.15, 0.2) is 0 Å². The first-order chi connectivity index (χ1) is 17.8. The summed E-state index contributed by atoms with van der Waals surface area (Å²) in [5.41, 5.74) is 0.981. The molecule has 0 radical (unpaired) electrons. The number of rotatable bonds is 3. The van der Waals surface area contributed by atoms with E-state index in [1.165, 1.54) is 32.4 Å². The number of ketones is 1. The second-order valence-corrected chi connectivity index (χ2v) is 10.5. The van der Waals surface area contributed by atoms with E-state index in [1.807, 2.05) is 13.8 Å². The summed E-state index contributed by atoms with van der Waals surface area (Å²) >= 11 is 12.8. The molecule has 9 heteroatoms. The fraction of sp³-hybridized carbons (Fsp3) is 0.207. The number of phenolic OH excluding ortho intramolecular Hbond substituents is 4. The van der Waals surface area contributed by atoms with Crippen LogP contribution >= 0.6 is 23.2 Å². The molecular formula is C29H24Cl2O7. The first-order valence-corrected chi connectivity index (χ1v) is 12.3. The van der Waals surface area contributed by atoms with Gasteiger partial charge in [0.25, 0.3) is 0 Å². The average Bonchev–Trinajstić information content (AvgIpc) is 2.86. The van der Waals surface area contributed by atoms with E-state index in [9.17, 15) is 25.2 Å². The van der Waals surface area contributed by atoms with Crippen molar-refractivity contribution in [3.8, 4) is 45.6 Å². The Balaban J connectivity index is 1.91. The Morgan fingerprint density at radius 3 is 1.97 bits per heavy atom. The summed E-state index contributed by atoms with van der Waals surface area (Å²) in [7, 11) is 2.83. The van der Waals surface area contributed by atoms with Crippen LogP contribution in [0.4, 0.5) is 0 Å². The number of phenols is 4. The highest BCUT2D eigenvalue weighted by Crippen LogP contribution is 2.54. The molecule has 0 fully saturated rings. The standard InChI is InChI=1S/C29H24Cl2O7/c1-11-20(17(33)10-19(38-5)24(11)30)14-8-13(32)6-12-7-15-22(26(34)21(12)14)27(35)23-16(29(15,2)3)9-18(37-4)25(31)28(23)36/h6-10,32-34,36H,1-5H3. The van der Waals surface area contributed by atoms with Crippen molar-refractivity contribution in [2.24, 2.45) is 0 Å². The van der Waals surface area contributed by atoms with Crippen molar-refractivity contribution in [1.82, 2.24) is 0 Å². The number of ether oxygens (including phenoxy) is 2. The van der Waals surface area contributed by atoms with Crippen LogP contribution in [0.3, 0.4) is 0 Å². The van der Waals surface area contributed by atoms with Gasteiger partial charge < -0.3 is 29.9 Å². The van der Waals surface area contributed by atoms with Crippen molar-refractivity contribution in [3.63, 3.8) is 0 Å². The number of aromatic hydroxyl groups is 4. The number of hydrogen-bond donors (Lipinski definition) is 4. The normalized spacial score (nSPS) is 13.8. The first-order valence-electron chi connectivity index (χ1n) is 11.6. The average molecular weight is 555 g/mol. The van der Waals surface area contributed by atoms with Crippen molar-refractivity contribution >= 4 is 39.8 Å². The van der Waals surface area contributed by atoms with E-state index in [-0.39, 0.29) is 66.4 Å². The molecule has 4 aromatic rings. The van der Waals surface area contributed by atoms with E-state index < -0.39 is 16.9 Å². The predicted molar refractivity (Wildman–Crippen MR) is 146 cm³/mol. The molecular weight excluding hydrogens is 531 g/mol. The van der Waals surface area contributed by atoms with Gasteiger partial charge in [-0.15, -0.1) is 0 Å². The molecule has 0 amide bonds. The zero-order valence-electron chi connectivity index (χ0n) is 21.2. The van der Waals surface area contributed by atoms with Crippen LogP contribution in [0.25, 0.3) is 21.9 Å². The Morgan fingerprint density at radius 2 is 1.34 bits per heavy atom. The monoisotopic (exact) mass is 554 g/mol. The van der Waals surface area contributed by atoms with Gasteiger partial charge in [-0.3, -0.25) is 4.79 Å². The van der Waals surface area contributed by atoms with Crippen molar-refractivity contribution in [3.05, 3.63) is 68.2 Å². The number of halogens is 2. The van der Waals surface area contributed by atoms with E-state index in [0.29, 0.717) is 22.1 Å². The van der Waals surface area contributed by atoms with E-state index in [0.717, 1.165) is 0 Å². The van der Waals surface area contributed by atoms with Crippen LogP contribution in [0.5, 0.6) is 34.5 Å². The van der Waals surface area contributed by atoms with Crippen molar-refractivity contribution in [1.29, 1.82) is 0 Å². The highest BCUT2D eigenvalue weighted by molar-refractivity contribution is 6.35. The maximum atomic E-state index is 13.9. The van der Waals surface area contributed by atoms with Crippen molar-refractivity contribution in [2.45, 2.75) is 26.2 Å². The van der Waals surface area contributed by atoms with Gasteiger partial charge >= 0.3 is 0 Å². The highest BCUT2D eigenvalue weighted by atomic mass is 35.5. The Kier molecular flexibility index (Phi) is 5.85. The number of carbonyl (C=O) groups excluding carboxylic acids is 1. The third kappa shape index (κ3) is 3.38. The van der Waals surface area contributed by atoms with Gasteiger partial charge in [0, 0.05) is 28.0 Å². The van der Waals surface area contributed by atoms with E-state index in [4.69, 9.17) is 32.7 Å².